The molecule has 8 nitrogen and oxygen atoms in total. The molecule has 0 aliphatic heterocycles. The summed E-state index contributed by atoms with van der Waals surface area (Å²) in [7, 11) is 1.58. The number of urea groups is 1. The van der Waals surface area contributed by atoms with Crippen molar-refractivity contribution in [2.75, 3.05) is 19.0 Å². The van der Waals surface area contributed by atoms with E-state index < -0.39 is 0 Å². The van der Waals surface area contributed by atoms with Gasteiger partial charge in [-0.15, -0.1) is 0 Å². The maximum absolute atomic E-state index is 12.3. The minimum Gasteiger partial charge on any atom is -0.495 e. The van der Waals surface area contributed by atoms with Gasteiger partial charge < -0.3 is 19.9 Å². The number of pyridine rings is 2. The first-order valence-corrected chi connectivity index (χ1v) is 10.1. The molecule has 0 radical (unpaired) electrons. The molecule has 31 heavy (non-hydrogen) atoms. The summed E-state index contributed by atoms with van der Waals surface area (Å²) in [5.74, 6) is 1.46. The van der Waals surface area contributed by atoms with Crippen molar-refractivity contribution in [2.45, 2.75) is 19.9 Å². The van der Waals surface area contributed by atoms with Gasteiger partial charge in [0.2, 0.25) is 0 Å². The maximum atomic E-state index is 12.3. The van der Waals surface area contributed by atoms with E-state index in [9.17, 15) is 4.79 Å². The van der Waals surface area contributed by atoms with Gasteiger partial charge in [-0.1, -0.05) is 6.07 Å². The number of fused-ring (bicyclic) bond motifs is 1. The smallest absolute Gasteiger partial charge is 0.319 e. The van der Waals surface area contributed by atoms with Crippen molar-refractivity contribution in [1.29, 1.82) is 0 Å². The Bertz CT molecular complexity index is 1190. The molecule has 4 rings (SSSR count). The summed E-state index contributed by atoms with van der Waals surface area (Å²) in [4.78, 5) is 25.7. The quantitative estimate of drug-likeness (QED) is 0.444. The maximum Gasteiger partial charge on any atom is 0.319 e. The number of hydrogen-bond donors (Lipinski definition) is 2. The number of carbonyl (C=O) groups is 1. The van der Waals surface area contributed by atoms with Crippen LogP contribution in [0.2, 0.25) is 0 Å². The van der Waals surface area contributed by atoms with Crippen molar-refractivity contribution in [2.24, 2.45) is 0 Å². The van der Waals surface area contributed by atoms with Crippen molar-refractivity contribution < 1.29 is 9.53 Å². The number of nitrogens with zero attached hydrogens (tertiary/aromatic N) is 4. The molecule has 2 N–H and O–H groups in total. The molecule has 0 aliphatic carbocycles. The van der Waals surface area contributed by atoms with Gasteiger partial charge in [-0.2, -0.15) is 0 Å². The van der Waals surface area contributed by atoms with Crippen molar-refractivity contribution in [3.05, 3.63) is 66.6 Å². The summed E-state index contributed by atoms with van der Waals surface area (Å²) in [5, 5.41) is 5.75. The summed E-state index contributed by atoms with van der Waals surface area (Å²) in [6.07, 6.45) is 5.98. The molecule has 4 aromatic rings. The number of hydrogen-bond acceptors (Lipinski definition) is 5. The monoisotopic (exact) mass is 416 g/mol. The summed E-state index contributed by atoms with van der Waals surface area (Å²) >= 11 is 0. The predicted molar refractivity (Wildman–Crippen MR) is 120 cm³/mol. The standard InChI is InChI=1S/C23H24N6O2/c1-16-6-7-20(31-2)19(15-16)28-23(30)26-11-4-14-29-21(17-8-12-24-13-9-17)27-18-5-3-10-25-22(18)29/h3,5-10,12-13,15H,4,11,14H2,1-2H3,(H2,26,28,30). The molecule has 8 heteroatoms. The molecule has 0 unspecified atom stereocenters. The normalized spacial score (nSPS) is 10.8. The number of benzene rings is 1. The molecule has 0 saturated heterocycles. The van der Waals surface area contributed by atoms with Crippen LogP contribution in [0.4, 0.5) is 10.5 Å². The lowest BCUT2D eigenvalue weighted by Gasteiger charge is -2.12. The van der Waals surface area contributed by atoms with Crippen LogP contribution < -0.4 is 15.4 Å². The first-order chi connectivity index (χ1) is 15.2. The fourth-order valence-corrected chi connectivity index (χ4v) is 3.42. The van der Waals surface area contributed by atoms with E-state index in [1.807, 2.05) is 49.4 Å². The van der Waals surface area contributed by atoms with Gasteiger partial charge in [0.05, 0.1) is 12.8 Å². The Morgan fingerprint density at radius 2 is 1.97 bits per heavy atom. The highest BCUT2D eigenvalue weighted by Gasteiger charge is 2.13. The number of amides is 2. The molecule has 3 heterocycles. The summed E-state index contributed by atoms with van der Waals surface area (Å²) < 4.78 is 7.38. The second kappa shape index (κ2) is 9.25. The van der Waals surface area contributed by atoms with Crippen LogP contribution in [-0.4, -0.2) is 39.2 Å². The van der Waals surface area contributed by atoms with Gasteiger partial charge >= 0.3 is 6.03 Å². The van der Waals surface area contributed by atoms with E-state index in [-0.39, 0.29) is 6.03 Å². The van der Waals surface area contributed by atoms with Gasteiger partial charge in [-0.3, -0.25) is 4.98 Å². The van der Waals surface area contributed by atoms with Gasteiger partial charge in [-0.05, 0) is 55.3 Å². The van der Waals surface area contributed by atoms with Crippen molar-refractivity contribution >= 4 is 22.9 Å². The Balaban J connectivity index is 1.41. The molecule has 158 valence electrons. The number of rotatable bonds is 7. The Kier molecular flexibility index (Phi) is 6.07. The zero-order chi connectivity index (χ0) is 21.6. The van der Waals surface area contributed by atoms with E-state index in [0.29, 0.717) is 24.5 Å². The van der Waals surface area contributed by atoms with Crippen LogP contribution in [0.15, 0.2) is 61.1 Å². The molecule has 0 atom stereocenters. The van der Waals surface area contributed by atoms with Gasteiger partial charge in [0.25, 0.3) is 0 Å². The highest BCUT2D eigenvalue weighted by atomic mass is 16.5. The fraction of sp³-hybridized carbons (Fsp3) is 0.217. The topological polar surface area (TPSA) is 94.0 Å². The van der Waals surface area contributed by atoms with Gasteiger partial charge in [0, 0.05) is 37.2 Å². The average molecular weight is 416 g/mol. The molecule has 3 aromatic heterocycles. The van der Waals surface area contributed by atoms with Crippen molar-refractivity contribution in [3.8, 4) is 17.1 Å². The minimum atomic E-state index is -0.271. The second-order valence-corrected chi connectivity index (χ2v) is 7.11. The molecule has 0 aliphatic rings. The molecular formula is C23H24N6O2. The number of carbonyl (C=O) groups excluding carboxylic acids is 1. The number of nitrogens with one attached hydrogen (secondary N) is 2. The van der Waals surface area contributed by atoms with Crippen LogP contribution in [0.25, 0.3) is 22.6 Å². The average Bonchev–Trinajstić information content (AvgIpc) is 3.16. The fourth-order valence-electron chi connectivity index (χ4n) is 3.42. The molecule has 2 amide bonds. The Morgan fingerprint density at radius 3 is 2.77 bits per heavy atom. The lowest BCUT2D eigenvalue weighted by molar-refractivity contribution is 0.251. The number of aryl methyl sites for hydroxylation is 2. The number of imidazole rings is 1. The van der Waals surface area contributed by atoms with E-state index in [2.05, 4.69) is 25.2 Å². The highest BCUT2D eigenvalue weighted by Crippen LogP contribution is 2.25. The number of aromatic nitrogens is 4. The second-order valence-electron chi connectivity index (χ2n) is 7.11. The number of methoxy groups -OCH3 is 1. The lowest BCUT2D eigenvalue weighted by atomic mass is 10.2. The van der Waals surface area contributed by atoms with Crippen molar-refractivity contribution in [3.63, 3.8) is 0 Å². The summed E-state index contributed by atoms with van der Waals surface area (Å²) in [6.45, 7) is 3.13. The van der Waals surface area contributed by atoms with Crippen LogP contribution in [0.1, 0.15) is 12.0 Å². The molecule has 0 fully saturated rings. The van der Waals surface area contributed by atoms with Gasteiger partial charge in [0.15, 0.2) is 5.65 Å². The molecule has 1 aromatic carbocycles. The van der Waals surface area contributed by atoms with Crippen LogP contribution >= 0.6 is 0 Å². The number of ether oxygens (including phenoxy) is 1. The van der Waals surface area contributed by atoms with E-state index >= 15 is 0 Å². The third kappa shape index (κ3) is 4.63. The molecule has 0 bridgehead atoms. The molecule has 0 saturated carbocycles. The first kappa shape index (κ1) is 20.3. The van der Waals surface area contributed by atoms with E-state index in [1.165, 1.54) is 0 Å². The third-order valence-electron chi connectivity index (χ3n) is 4.89. The zero-order valence-electron chi connectivity index (χ0n) is 17.5. The SMILES string of the molecule is COc1ccc(C)cc1NC(=O)NCCCn1c(-c2ccncc2)nc2cccnc21. The van der Waals surface area contributed by atoms with Gasteiger partial charge in [-0.25, -0.2) is 14.8 Å². The highest BCUT2D eigenvalue weighted by molar-refractivity contribution is 5.91. The van der Waals surface area contributed by atoms with Crippen LogP contribution in [0.5, 0.6) is 5.75 Å². The van der Waals surface area contributed by atoms with Crippen molar-refractivity contribution in [1.82, 2.24) is 24.8 Å². The largest absolute Gasteiger partial charge is 0.495 e. The van der Waals surface area contributed by atoms with E-state index in [0.717, 1.165) is 34.5 Å². The molecule has 0 spiro atoms. The van der Waals surface area contributed by atoms with Gasteiger partial charge in [0.1, 0.15) is 17.1 Å². The zero-order valence-corrected chi connectivity index (χ0v) is 17.5. The Labute approximate surface area is 180 Å². The van der Waals surface area contributed by atoms with Crippen LogP contribution in [0, 0.1) is 6.92 Å². The van der Waals surface area contributed by atoms with Crippen LogP contribution in [-0.2, 0) is 6.54 Å². The Morgan fingerprint density at radius 1 is 1.13 bits per heavy atom. The third-order valence-corrected chi connectivity index (χ3v) is 4.89. The summed E-state index contributed by atoms with van der Waals surface area (Å²) in [6, 6.07) is 13.1. The lowest BCUT2D eigenvalue weighted by Crippen LogP contribution is -2.30. The van der Waals surface area contributed by atoms with E-state index in [4.69, 9.17) is 9.72 Å². The summed E-state index contributed by atoms with van der Waals surface area (Å²) in [5.41, 5.74) is 4.32. The first-order valence-electron chi connectivity index (χ1n) is 10.1. The number of anilines is 1. The Hall–Kier alpha value is -3.94. The predicted octanol–water partition coefficient (Wildman–Crippen LogP) is 4.02. The molecular weight excluding hydrogens is 392 g/mol. The van der Waals surface area contributed by atoms with Crippen LogP contribution in [0.3, 0.4) is 0 Å². The van der Waals surface area contributed by atoms with E-state index in [1.54, 1.807) is 25.7 Å². The minimum absolute atomic E-state index is 0.271.